The molecule has 5 atom stereocenters. The van der Waals surface area contributed by atoms with Gasteiger partial charge < -0.3 is 23.8 Å². The molecule has 2 aliphatic carbocycles. The molecule has 0 N–H and O–H groups in total. The molecule has 164 valence electrons. The fraction of sp³-hybridized carbons (Fsp3) is 0.440. The first kappa shape index (κ1) is 19.6. The summed E-state index contributed by atoms with van der Waals surface area (Å²) in [7, 11) is 3.84. The number of rotatable bonds is 5. The first-order chi connectivity index (χ1) is 15.7. The monoisotopic (exact) mass is 431 g/mol. The molecule has 1 aromatic heterocycles. The highest BCUT2D eigenvalue weighted by atomic mass is 16.7. The molecule has 7 heteroatoms. The van der Waals surface area contributed by atoms with Crippen LogP contribution in [0.2, 0.25) is 0 Å². The Hall–Kier alpha value is -3.08. The molecule has 3 heterocycles. The van der Waals surface area contributed by atoms with Gasteiger partial charge in [-0.1, -0.05) is 12.1 Å². The number of aromatic nitrogens is 1. The number of piperidine rings is 1. The van der Waals surface area contributed by atoms with Gasteiger partial charge in [-0.05, 0) is 50.2 Å². The Labute approximate surface area is 187 Å². The minimum atomic E-state index is -0.314. The van der Waals surface area contributed by atoms with E-state index in [1.54, 1.807) is 25.4 Å². The average molecular weight is 431 g/mol. The zero-order valence-electron chi connectivity index (χ0n) is 18.2. The number of ether oxygens (including phenoxy) is 4. The summed E-state index contributed by atoms with van der Waals surface area (Å²) in [5, 5.41) is 9.25. The molecule has 2 bridgehead atoms. The quantitative estimate of drug-likeness (QED) is 0.532. The largest absolute Gasteiger partial charge is 0.481 e. The van der Waals surface area contributed by atoms with Gasteiger partial charge in [0.25, 0.3) is 0 Å². The second kappa shape index (κ2) is 7.22. The van der Waals surface area contributed by atoms with Crippen LogP contribution >= 0.6 is 0 Å². The lowest BCUT2D eigenvalue weighted by Crippen LogP contribution is -2.65. The molecule has 7 nitrogen and oxygen atoms in total. The molecule has 32 heavy (non-hydrogen) atoms. The van der Waals surface area contributed by atoms with Crippen LogP contribution in [0.4, 0.5) is 0 Å². The molecule has 2 aromatic rings. The number of hydrogen-bond donors (Lipinski definition) is 0. The molecule has 0 amide bonds. The van der Waals surface area contributed by atoms with E-state index in [1.165, 1.54) is 11.1 Å². The first-order valence-electron chi connectivity index (χ1n) is 11.0. The van der Waals surface area contributed by atoms with Crippen LogP contribution in [0.5, 0.6) is 17.4 Å². The highest BCUT2D eigenvalue weighted by molar-refractivity contribution is 5.62. The van der Waals surface area contributed by atoms with Crippen LogP contribution < -0.4 is 14.2 Å². The Morgan fingerprint density at radius 2 is 2.22 bits per heavy atom. The minimum Gasteiger partial charge on any atom is -0.481 e. The maximum atomic E-state index is 9.25. The van der Waals surface area contributed by atoms with Crippen molar-refractivity contribution in [2.24, 2.45) is 5.92 Å². The lowest BCUT2D eigenvalue weighted by atomic mass is 9.53. The van der Waals surface area contributed by atoms with E-state index in [9.17, 15) is 5.26 Å². The van der Waals surface area contributed by atoms with Crippen LogP contribution in [0.15, 0.2) is 42.6 Å². The topological polar surface area (TPSA) is 76.8 Å². The van der Waals surface area contributed by atoms with Gasteiger partial charge in [-0.15, -0.1) is 0 Å². The van der Waals surface area contributed by atoms with E-state index in [1.807, 2.05) is 6.07 Å². The van der Waals surface area contributed by atoms with Gasteiger partial charge >= 0.3 is 0 Å². The summed E-state index contributed by atoms with van der Waals surface area (Å²) in [5.41, 5.74) is 2.97. The SMILES string of the molecule is COCOc1ccc2c3c1O[C@H]1[C@@H](Oc4cc(C#N)ccn4)C=C[C@H]4[C@@H](C2)N(C)CC[C@@]341. The van der Waals surface area contributed by atoms with Crippen molar-refractivity contribution in [3.8, 4) is 23.4 Å². The van der Waals surface area contributed by atoms with E-state index < -0.39 is 0 Å². The van der Waals surface area contributed by atoms with Crippen molar-refractivity contribution < 1.29 is 18.9 Å². The summed E-state index contributed by atoms with van der Waals surface area (Å²) in [6.45, 7) is 1.18. The molecule has 6 rings (SSSR count). The minimum absolute atomic E-state index is 0.168. The maximum Gasteiger partial charge on any atom is 0.215 e. The average Bonchev–Trinajstić information content (AvgIpc) is 3.17. The molecule has 0 saturated carbocycles. The van der Waals surface area contributed by atoms with Gasteiger partial charge in [0.05, 0.1) is 11.6 Å². The van der Waals surface area contributed by atoms with Crippen molar-refractivity contribution in [2.45, 2.75) is 36.5 Å². The van der Waals surface area contributed by atoms with Crippen molar-refractivity contribution in [3.63, 3.8) is 0 Å². The van der Waals surface area contributed by atoms with Gasteiger partial charge in [-0.25, -0.2) is 4.98 Å². The number of pyridine rings is 1. The highest BCUT2D eigenvalue weighted by Crippen LogP contribution is 2.62. The number of nitriles is 1. The van der Waals surface area contributed by atoms with Crippen molar-refractivity contribution >= 4 is 0 Å². The normalized spacial score (nSPS) is 31.4. The second-order valence-electron chi connectivity index (χ2n) is 9.05. The number of nitrogens with zero attached hydrogens (tertiary/aromatic N) is 3. The number of methoxy groups -OCH3 is 1. The van der Waals surface area contributed by atoms with Crippen molar-refractivity contribution in [3.05, 3.63) is 59.3 Å². The third-order valence-electron chi connectivity index (χ3n) is 7.57. The van der Waals surface area contributed by atoms with Crippen molar-refractivity contribution in [1.29, 1.82) is 5.26 Å². The molecular weight excluding hydrogens is 406 g/mol. The number of hydrogen-bond acceptors (Lipinski definition) is 7. The fourth-order valence-corrected chi connectivity index (χ4v) is 6.23. The van der Waals surface area contributed by atoms with Crippen LogP contribution in [0.3, 0.4) is 0 Å². The zero-order chi connectivity index (χ0) is 21.9. The van der Waals surface area contributed by atoms with Crippen LogP contribution in [-0.4, -0.2) is 55.6 Å². The molecule has 4 aliphatic rings. The number of likely N-dealkylation sites (tertiary alicyclic amines) is 1. The summed E-state index contributed by atoms with van der Waals surface area (Å²) in [6, 6.07) is 10.1. The van der Waals surface area contributed by atoms with Crippen LogP contribution in [0.25, 0.3) is 0 Å². The standard InChI is InChI=1S/C25H25N3O4/c1-28-10-8-25-17-4-6-20(31-21-11-15(13-26)7-9-27-21)24(25)32-23-19(30-14-29-2)5-3-16(22(23)25)12-18(17)28/h3-7,9,11,17-18,20,24H,8,10,12,14H2,1-2H3/t17-,18+,20-,24-,25-/m0/s1. The Morgan fingerprint density at radius 3 is 3.06 bits per heavy atom. The maximum absolute atomic E-state index is 9.25. The van der Waals surface area contributed by atoms with Gasteiger partial charge in [0.2, 0.25) is 5.88 Å². The molecule has 1 fully saturated rings. The van der Waals surface area contributed by atoms with E-state index in [-0.39, 0.29) is 24.4 Å². The Morgan fingerprint density at radius 1 is 1.31 bits per heavy atom. The Bertz CT molecular complexity index is 1140. The summed E-state index contributed by atoms with van der Waals surface area (Å²) < 4.78 is 24.1. The van der Waals surface area contributed by atoms with Crippen LogP contribution in [-0.2, 0) is 16.6 Å². The molecule has 1 spiro atoms. The van der Waals surface area contributed by atoms with Crippen LogP contribution in [0, 0.1) is 17.2 Å². The molecule has 0 radical (unpaired) electrons. The van der Waals surface area contributed by atoms with Gasteiger partial charge in [0, 0.05) is 42.3 Å². The Kier molecular flexibility index (Phi) is 4.42. The summed E-state index contributed by atoms with van der Waals surface area (Å²) in [4.78, 5) is 6.81. The molecule has 0 unspecified atom stereocenters. The van der Waals surface area contributed by atoms with E-state index in [2.05, 4.69) is 41.2 Å². The summed E-state index contributed by atoms with van der Waals surface area (Å²) in [5.74, 6) is 2.32. The van der Waals surface area contributed by atoms with Gasteiger partial charge in [0.1, 0.15) is 6.10 Å². The smallest absolute Gasteiger partial charge is 0.215 e. The van der Waals surface area contributed by atoms with E-state index in [0.717, 1.165) is 25.1 Å². The molecule has 1 aromatic carbocycles. The lowest BCUT2D eigenvalue weighted by Gasteiger charge is -2.56. The van der Waals surface area contributed by atoms with Crippen LogP contribution in [0.1, 0.15) is 23.1 Å². The predicted octanol–water partition coefficient (Wildman–Crippen LogP) is 2.83. The van der Waals surface area contributed by atoms with E-state index in [4.69, 9.17) is 18.9 Å². The van der Waals surface area contributed by atoms with Gasteiger partial charge in [-0.2, -0.15) is 5.26 Å². The Balaban J connectivity index is 1.46. The van der Waals surface area contributed by atoms with Gasteiger partial charge in [-0.3, -0.25) is 0 Å². The van der Waals surface area contributed by atoms with Gasteiger partial charge in [0.15, 0.2) is 24.4 Å². The predicted molar refractivity (Wildman–Crippen MR) is 116 cm³/mol. The third-order valence-corrected chi connectivity index (χ3v) is 7.57. The van der Waals surface area contributed by atoms with Crippen molar-refractivity contribution in [2.75, 3.05) is 27.5 Å². The fourth-order valence-electron chi connectivity index (χ4n) is 6.23. The molecule has 1 saturated heterocycles. The molecular formula is C25H25N3O4. The first-order valence-corrected chi connectivity index (χ1v) is 11.0. The number of benzene rings is 1. The highest BCUT2D eigenvalue weighted by Gasteiger charge is 2.65. The third kappa shape index (κ3) is 2.63. The lowest BCUT2D eigenvalue weighted by molar-refractivity contribution is -0.0396. The van der Waals surface area contributed by atoms with E-state index in [0.29, 0.717) is 29.2 Å². The summed E-state index contributed by atoms with van der Waals surface area (Å²) in [6.07, 6.45) is 7.51. The zero-order valence-corrected chi connectivity index (χ0v) is 18.2. The van der Waals surface area contributed by atoms with E-state index >= 15 is 0 Å². The van der Waals surface area contributed by atoms with Crippen molar-refractivity contribution in [1.82, 2.24) is 9.88 Å². The number of likely N-dealkylation sites (N-methyl/N-ethyl adjacent to an activating group) is 1. The molecule has 2 aliphatic heterocycles. The second-order valence-corrected chi connectivity index (χ2v) is 9.05. The summed E-state index contributed by atoms with van der Waals surface area (Å²) >= 11 is 0.